The normalized spacial score (nSPS) is 11.0. The minimum Gasteiger partial charge on any atom is -0.452 e. The molecule has 0 unspecified atom stereocenters. The predicted octanol–water partition coefficient (Wildman–Crippen LogP) is 4.27. The maximum absolute atomic E-state index is 12.9. The Morgan fingerprint density at radius 1 is 1.07 bits per heavy atom. The van der Waals surface area contributed by atoms with Gasteiger partial charge in [0.2, 0.25) is 5.91 Å². The second kappa shape index (κ2) is 9.82. The number of hydrogen-bond donors (Lipinski definition) is 1. The van der Waals surface area contributed by atoms with Crippen molar-refractivity contribution in [3.63, 3.8) is 0 Å². The molecule has 1 N–H and O–H groups in total. The van der Waals surface area contributed by atoms with Crippen molar-refractivity contribution >= 4 is 46.7 Å². The number of halogens is 5. The van der Waals surface area contributed by atoms with E-state index < -0.39 is 47.7 Å². The van der Waals surface area contributed by atoms with Gasteiger partial charge in [0.25, 0.3) is 5.91 Å². The van der Waals surface area contributed by atoms with Crippen molar-refractivity contribution in [1.29, 1.82) is 0 Å². The number of amides is 2. The molecule has 2 aromatic rings. The lowest BCUT2D eigenvalue weighted by Crippen LogP contribution is -2.37. The largest absolute Gasteiger partial charge is 0.452 e. The van der Waals surface area contributed by atoms with Crippen LogP contribution in [0.5, 0.6) is 0 Å². The highest BCUT2D eigenvalue weighted by Crippen LogP contribution is 2.36. The van der Waals surface area contributed by atoms with Crippen LogP contribution < -0.4 is 5.32 Å². The van der Waals surface area contributed by atoms with Crippen LogP contribution >= 0.6 is 23.2 Å². The molecule has 0 heterocycles. The molecule has 0 aromatic heterocycles. The summed E-state index contributed by atoms with van der Waals surface area (Å²) >= 11 is 11.4. The van der Waals surface area contributed by atoms with E-state index in [9.17, 15) is 27.6 Å². The fourth-order valence-corrected chi connectivity index (χ4v) is 2.70. The minimum atomic E-state index is -4.68. The van der Waals surface area contributed by atoms with Crippen molar-refractivity contribution in [2.75, 3.05) is 25.5 Å². The van der Waals surface area contributed by atoms with E-state index in [0.29, 0.717) is 6.07 Å². The zero-order valence-electron chi connectivity index (χ0n) is 15.4. The molecule has 6 nitrogen and oxygen atoms in total. The van der Waals surface area contributed by atoms with E-state index in [2.05, 4.69) is 5.32 Å². The van der Waals surface area contributed by atoms with Crippen molar-refractivity contribution in [3.05, 3.63) is 63.6 Å². The van der Waals surface area contributed by atoms with Gasteiger partial charge in [0, 0.05) is 12.7 Å². The molecule has 11 heteroatoms. The Hall–Kier alpha value is -2.78. The Morgan fingerprint density at radius 2 is 1.73 bits per heavy atom. The first-order valence-corrected chi connectivity index (χ1v) is 9.07. The van der Waals surface area contributed by atoms with Crippen LogP contribution in [0.2, 0.25) is 10.0 Å². The molecule has 0 atom stereocenters. The molecule has 0 aliphatic rings. The maximum Gasteiger partial charge on any atom is 0.417 e. The predicted molar refractivity (Wildman–Crippen MR) is 104 cm³/mol. The van der Waals surface area contributed by atoms with E-state index in [1.54, 1.807) is 12.1 Å². The topological polar surface area (TPSA) is 75.7 Å². The average Bonchev–Trinajstić information content (AvgIpc) is 2.66. The van der Waals surface area contributed by atoms with Crippen molar-refractivity contribution in [2.45, 2.75) is 6.18 Å². The Labute approximate surface area is 179 Å². The summed E-state index contributed by atoms with van der Waals surface area (Å²) < 4.78 is 43.5. The third kappa shape index (κ3) is 6.36. The summed E-state index contributed by atoms with van der Waals surface area (Å²) in [6, 6.07) is 8.99. The monoisotopic (exact) mass is 462 g/mol. The summed E-state index contributed by atoms with van der Waals surface area (Å²) in [5.41, 5.74) is -1.16. The highest BCUT2D eigenvalue weighted by Gasteiger charge is 2.33. The number of ether oxygens (including phenoxy) is 1. The van der Waals surface area contributed by atoms with Crippen LogP contribution in [0.25, 0.3) is 0 Å². The van der Waals surface area contributed by atoms with Gasteiger partial charge < -0.3 is 15.0 Å². The first-order valence-electron chi connectivity index (χ1n) is 8.31. The van der Waals surface area contributed by atoms with E-state index in [0.717, 1.165) is 11.0 Å². The molecule has 2 amide bonds. The number of carbonyl (C=O) groups is 3. The number of rotatable bonds is 6. The molecule has 0 saturated heterocycles. The molecule has 0 aliphatic heterocycles. The van der Waals surface area contributed by atoms with Crippen molar-refractivity contribution in [3.8, 4) is 0 Å². The first kappa shape index (κ1) is 23.5. The van der Waals surface area contributed by atoms with Gasteiger partial charge >= 0.3 is 12.1 Å². The molecule has 0 fully saturated rings. The molecule has 160 valence electrons. The van der Waals surface area contributed by atoms with Crippen LogP contribution in [-0.4, -0.2) is 42.9 Å². The van der Waals surface area contributed by atoms with Gasteiger partial charge in [-0.25, -0.2) is 4.79 Å². The van der Waals surface area contributed by atoms with Gasteiger partial charge in [0.05, 0.1) is 27.7 Å². The minimum absolute atomic E-state index is 0.0792. The van der Waals surface area contributed by atoms with Crippen LogP contribution in [0, 0.1) is 0 Å². The van der Waals surface area contributed by atoms with Gasteiger partial charge in [0.1, 0.15) is 0 Å². The molecule has 0 bridgehead atoms. The Kier molecular flexibility index (Phi) is 7.69. The van der Waals surface area contributed by atoms with Crippen LogP contribution in [0.3, 0.4) is 0 Å². The molecule has 30 heavy (non-hydrogen) atoms. The van der Waals surface area contributed by atoms with E-state index >= 15 is 0 Å². The smallest absolute Gasteiger partial charge is 0.417 e. The third-order valence-electron chi connectivity index (χ3n) is 3.78. The Balaban J connectivity index is 1.90. The number of esters is 1. The number of nitrogens with zero attached hydrogens (tertiary/aromatic N) is 1. The lowest BCUT2D eigenvalue weighted by molar-refractivity contribution is -0.137. The first-order chi connectivity index (χ1) is 14.0. The molecule has 0 radical (unpaired) electrons. The van der Waals surface area contributed by atoms with Gasteiger partial charge in [-0.05, 0) is 30.3 Å². The summed E-state index contributed by atoms with van der Waals surface area (Å²) in [5, 5.41) is 1.90. The van der Waals surface area contributed by atoms with E-state index in [1.165, 1.54) is 25.2 Å². The zero-order chi connectivity index (χ0) is 22.5. The number of hydrogen-bond acceptors (Lipinski definition) is 4. The van der Waals surface area contributed by atoms with E-state index in [-0.39, 0.29) is 16.3 Å². The third-order valence-corrected chi connectivity index (χ3v) is 4.44. The number of likely N-dealkylation sites (N-methyl/N-ethyl adjacent to an activating group) is 1. The number of benzene rings is 2. The van der Waals surface area contributed by atoms with Gasteiger partial charge in [-0.15, -0.1) is 0 Å². The molecule has 2 aromatic carbocycles. The summed E-state index contributed by atoms with van der Waals surface area (Å²) in [7, 11) is 1.27. The summed E-state index contributed by atoms with van der Waals surface area (Å²) in [5.74, 6) is -2.26. The molecular weight excluding hydrogens is 448 g/mol. The van der Waals surface area contributed by atoms with Gasteiger partial charge in [0.15, 0.2) is 6.61 Å². The SMILES string of the molecule is CN(CC(=O)Nc1ccc(Cl)c(C(F)(F)F)c1)C(=O)COC(=O)c1ccccc1Cl. The summed E-state index contributed by atoms with van der Waals surface area (Å²) in [6.45, 7) is -1.13. The second-order valence-electron chi connectivity index (χ2n) is 6.05. The average molecular weight is 463 g/mol. The van der Waals surface area contributed by atoms with E-state index in [1.807, 2.05) is 0 Å². The standard InChI is InChI=1S/C19H15Cl2F3N2O4/c1-26(17(28)10-30-18(29)12-4-2-3-5-14(12)20)9-16(27)25-11-6-7-15(21)13(8-11)19(22,23)24/h2-8H,9-10H2,1H3,(H,25,27). The van der Waals surface area contributed by atoms with Gasteiger partial charge in [-0.1, -0.05) is 35.3 Å². The maximum atomic E-state index is 12.9. The van der Waals surface area contributed by atoms with Crippen LogP contribution in [0.1, 0.15) is 15.9 Å². The number of alkyl halides is 3. The highest BCUT2D eigenvalue weighted by molar-refractivity contribution is 6.33. The van der Waals surface area contributed by atoms with Crippen molar-refractivity contribution < 1.29 is 32.3 Å². The van der Waals surface area contributed by atoms with Crippen molar-refractivity contribution in [1.82, 2.24) is 4.90 Å². The summed E-state index contributed by atoms with van der Waals surface area (Å²) in [6.07, 6.45) is -4.68. The van der Waals surface area contributed by atoms with Gasteiger partial charge in [-0.2, -0.15) is 13.2 Å². The Bertz CT molecular complexity index is 967. The zero-order valence-corrected chi connectivity index (χ0v) is 16.9. The Morgan fingerprint density at radius 3 is 2.37 bits per heavy atom. The van der Waals surface area contributed by atoms with Crippen LogP contribution in [0.4, 0.5) is 18.9 Å². The number of carbonyl (C=O) groups excluding carboxylic acids is 3. The van der Waals surface area contributed by atoms with Gasteiger partial charge in [-0.3, -0.25) is 9.59 Å². The molecule has 2 rings (SSSR count). The fraction of sp³-hybridized carbons (Fsp3) is 0.211. The van der Waals surface area contributed by atoms with Crippen LogP contribution in [0.15, 0.2) is 42.5 Å². The quantitative estimate of drug-likeness (QED) is 0.650. The van der Waals surface area contributed by atoms with E-state index in [4.69, 9.17) is 27.9 Å². The molecule has 0 spiro atoms. The van der Waals surface area contributed by atoms with Crippen molar-refractivity contribution in [2.24, 2.45) is 0 Å². The molecule has 0 saturated carbocycles. The lowest BCUT2D eigenvalue weighted by atomic mass is 10.2. The second-order valence-corrected chi connectivity index (χ2v) is 6.86. The van der Waals surface area contributed by atoms with Crippen LogP contribution in [-0.2, 0) is 20.5 Å². The number of nitrogens with one attached hydrogen (secondary N) is 1. The fourth-order valence-electron chi connectivity index (χ4n) is 2.27. The lowest BCUT2D eigenvalue weighted by Gasteiger charge is -2.17. The summed E-state index contributed by atoms with van der Waals surface area (Å²) in [4.78, 5) is 37.0. The number of anilines is 1. The highest BCUT2D eigenvalue weighted by atomic mass is 35.5. The molecule has 0 aliphatic carbocycles. The molecular formula is C19H15Cl2F3N2O4.